The fraction of sp³-hybridized carbons (Fsp3) is 0.471. The van der Waals surface area contributed by atoms with Crippen LogP contribution >= 0.6 is 11.8 Å². The third-order valence-electron chi connectivity index (χ3n) is 4.80. The van der Waals surface area contributed by atoms with Gasteiger partial charge >= 0.3 is 0 Å². The van der Waals surface area contributed by atoms with E-state index in [0.29, 0.717) is 24.7 Å². The van der Waals surface area contributed by atoms with Crippen molar-refractivity contribution in [3.05, 3.63) is 29.6 Å². The van der Waals surface area contributed by atoms with Gasteiger partial charge in [-0.25, -0.2) is 13.2 Å². The molecule has 3 amide bonds. The number of rotatable bonds is 4. The van der Waals surface area contributed by atoms with Crippen molar-refractivity contribution in [2.45, 2.75) is 30.7 Å². The van der Waals surface area contributed by atoms with Gasteiger partial charge in [0, 0.05) is 19.2 Å². The zero-order valence-electron chi connectivity index (χ0n) is 14.7. The van der Waals surface area contributed by atoms with Crippen molar-refractivity contribution in [3.63, 3.8) is 0 Å². The van der Waals surface area contributed by atoms with E-state index < -0.39 is 52.4 Å². The summed E-state index contributed by atoms with van der Waals surface area (Å²) in [6.07, 6.45) is 1.05. The zero-order chi connectivity index (χ0) is 19.9. The first-order chi connectivity index (χ1) is 12.6. The Kier molecular flexibility index (Phi) is 5.11. The monoisotopic (exact) mass is 401 g/mol. The molecular formula is C17H18F3N3O3S. The van der Waals surface area contributed by atoms with Gasteiger partial charge in [0.05, 0.1) is 17.1 Å². The summed E-state index contributed by atoms with van der Waals surface area (Å²) >= 11 is 1.53. The maximum atomic E-state index is 13.6. The fourth-order valence-electron chi connectivity index (χ4n) is 3.36. The predicted octanol–water partition coefficient (Wildman–Crippen LogP) is 1.95. The van der Waals surface area contributed by atoms with Crippen LogP contribution in [-0.4, -0.2) is 57.8 Å². The Morgan fingerprint density at radius 1 is 1.33 bits per heavy atom. The molecule has 146 valence electrons. The number of amides is 3. The van der Waals surface area contributed by atoms with E-state index in [4.69, 9.17) is 0 Å². The maximum absolute atomic E-state index is 13.6. The fourth-order valence-corrected chi connectivity index (χ4v) is 4.79. The van der Waals surface area contributed by atoms with Crippen molar-refractivity contribution in [1.82, 2.24) is 9.80 Å². The van der Waals surface area contributed by atoms with Crippen LogP contribution in [0, 0.1) is 17.5 Å². The molecule has 0 unspecified atom stereocenters. The molecule has 2 heterocycles. The quantitative estimate of drug-likeness (QED) is 0.783. The first-order valence-electron chi connectivity index (χ1n) is 8.28. The number of fused-ring (bicyclic) bond motifs is 1. The number of benzene rings is 1. The van der Waals surface area contributed by atoms with Crippen LogP contribution in [0.25, 0.3) is 0 Å². The van der Waals surface area contributed by atoms with Gasteiger partial charge in [-0.1, -0.05) is 0 Å². The molecule has 0 aromatic heterocycles. The number of carbonyl (C=O) groups is 3. The topological polar surface area (TPSA) is 69.7 Å². The van der Waals surface area contributed by atoms with Crippen molar-refractivity contribution in [2.24, 2.45) is 0 Å². The van der Waals surface area contributed by atoms with E-state index in [1.165, 1.54) is 18.8 Å². The van der Waals surface area contributed by atoms with Gasteiger partial charge in [-0.2, -0.15) is 0 Å². The summed E-state index contributed by atoms with van der Waals surface area (Å²) in [7, 11) is 1.39. The first-order valence-corrected chi connectivity index (χ1v) is 9.27. The number of halogens is 3. The number of nitrogens with one attached hydrogen (secondary N) is 1. The lowest BCUT2D eigenvalue weighted by Gasteiger charge is -2.31. The molecule has 0 bridgehead atoms. The lowest BCUT2D eigenvalue weighted by Crippen LogP contribution is -2.51. The summed E-state index contributed by atoms with van der Waals surface area (Å²) < 4.78 is 39.8. The van der Waals surface area contributed by atoms with E-state index in [-0.39, 0.29) is 5.91 Å². The van der Waals surface area contributed by atoms with Gasteiger partial charge in [-0.15, -0.1) is 11.8 Å². The minimum absolute atomic E-state index is 0.0949. The summed E-state index contributed by atoms with van der Waals surface area (Å²) in [6, 6.07) is 0.932. The predicted molar refractivity (Wildman–Crippen MR) is 93.3 cm³/mol. The van der Waals surface area contributed by atoms with Crippen molar-refractivity contribution in [3.8, 4) is 0 Å². The molecule has 2 aliphatic heterocycles. The molecule has 1 aromatic carbocycles. The average molecular weight is 401 g/mol. The molecule has 27 heavy (non-hydrogen) atoms. The second kappa shape index (κ2) is 7.06. The van der Waals surface area contributed by atoms with Crippen molar-refractivity contribution >= 4 is 35.2 Å². The molecule has 1 aromatic rings. The van der Waals surface area contributed by atoms with Gasteiger partial charge in [-0.05, 0) is 25.5 Å². The van der Waals surface area contributed by atoms with Crippen LogP contribution in [0.2, 0.25) is 0 Å². The van der Waals surface area contributed by atoms with Gasteiger partial charge in [0.25, 0.3) is 0 Å². The second-order valence-electron chi connectivity index (χ2n) is 6.73. The van der Waals surface area contributed by atoms with E-state index in [2.05, 4.69) is 5.32 Å². The smallest absolute Gasteiger partial charge is 0.246 e. The summed E-state index contributed by atoms with van der Waals surface area (Å²) in [5.74, 6) is -5.39. The number of likely N-dealkylation sites (N-methyl/N-ethyl adjacent to an activating group) is 1. The standard InChI is InChI=1S/C17H18F3N3O3S/c1-17-6-5-13(25)23(17)11(8-27-17)16(26)22(2)7-12(24)21-10-4-3-9(18)14(19)15(10)20/h3-4,11H,5-8H2,1-2H3,(H,21,24)/t11-,17+/m1/s1. The van der Waals surface area contributed by atoms with Gasteiger partial charge in [-0.3, -0.25) is 14.4 Å². The van der Waals surface area contributed by atoms with Crippen LogP contribution in [0.4, 0.5) is 18.9 Å². The molecule has 1 N–H and O–H groups in total. The number of carbonyl (C=O) groups excluding carboxylic acids is 3. The number of hydrogen-bond donors (Lipinski definition) is 1. The number of anilines is 1. The zero-order valence-corrected chi connectivity index (χ0v) is 15.5. The van der Waals surface area contributed by atoms with E-state index in [0.717, 1.165) is 11.0 Å². The van der Waals surface area contributed by atoms with Gasteiger partial charge in [0.2, 0.25) is 17.7 Å². The Bertz CT molecular complexity index is 822. The van der Waals surface area contributed by atoms with Gasteiger partial charge in [0.1, 0.15) is 6.04 Å². The molecule has 2 aliphatic rings. The molecule has 2 fully saturated rings. The molecule has 2 saturated heterocycles. The minimum Gasteiger partial charge on any atom is -0.335 e. The Morgan fingerprint density at radius 2 is 2.04 bits per heavy atom. The second-order valence-corrected chi connectivity index (χ2v) is 8.23. The van der Waals surface area contributed by atoms with E-state index in [1.54, 1.807) is 4.90 Å². The van der Waals surface area contributed by atoms with Crippen LogP contribution in [0.3, 0.4) is 0 Å². The Balaban J connectivity index is 1.64. The van der Waals surface area contributed by atoms with Crippen LogP contribution < -0.4 is 5.32 Å². The largest absolute Gasteiger partial charge is 0.335 e. The molecule has 3 rings (SSSR count). The summed E-state index contributed by atoms with van der Waals surface area (Å²) in [4.78, 5) is 39.2. The highest BCUT2D eigenvalue weighted by Crippen LogP contribution is 2.47. The lowest BCUT2D eigenvalue weighted by molar-refractivity contribution is -0.143. The molecule has 0 spiro atoms. The summed E-state index contributed by atoms with van der Waals surface area (Å²) in [5.41, 5.74) is -0.515. The van der Waals surface area contributed by atoms with Crippen molar-refractivity contribution < 1.29 is 27.6 Å². The number of hydrogen-bond acceptors (Lipinski definition) is 4. The molecule has 0 radical (unpaired) electrons. The van der Waals surface area contributed by atoms with Crippen LogP contribution in [0.15, 0.2) is 12.1 Å². The summed E-state index contributed by atoms with van der Waals surface area (Å²) in [6.45, 7) is 1.49. The Labute approximate surface area is 158 Å². The molecule has 0 saturated carbocycles. The maximum Gasteiger partial charge on any atom is 0.246 e. The van der Waals surface area contributed by atoms with E-state index in [1.807, 2.05) is 6.92 Å². The normalized spacial score (nSPS) is 24.1. The van der Waals surface area contributed by atoms with Crippen LogP contribution in [-0.2, 0) is 14.4 Å². The van der Waals surface area contributed by atoms with Crippen LogP contribution in [0.1, 0.15) is 19.8 Å². The minimum atomic E-state index is -1.69. The molecular weight excluding hydrogens is 383 g/mol. The highest BCUT2D eigenvalue weighted by molar-refractivity contribution is 8.01. The highest BCUT2D eigenvalue weighted by Gasteiger charge is 2.53. The van der Waals surface area contributed by atoms with Crippen molar-refractivity contribution in [2.75, 3.05) is 24.7 Å². The third kappa shape index (κ3) is 3.50. The molecule has 10 heteroatoms. The van der Waals surface area contributed by atoms with Crippen LogP contribution in [0.5, 0.6) is 0 Å². The molecule has 0 aliphatic carbocycles. The van der Waals surface area contributed by atoms with E-state index in [9.17, 15) is 27.6 Å². The summed E-state index contributed by atoms with van der Waals surface area (Å²) in [5, 5.41) is 2.12. The molecule has 2 atom stereocenters. The van der Waals surface area contributed by atoms with Crippen molar-refractivity contribution in [1.29, 1.82) is 0 Å². The number of nitrogens with zero attached hydrogens (tertiary/aromatic N) is 2. The first kappa shape index (κ1) is 19.5. The average Bonchev–Trinajstić information content (AvgIpc) is 3.11. The third-order valence-corrected chi connectivity index (χ3v) is 6.30. The lowest BCUT2D eigenvalue weighted by atomic mass is 10.2. The highest BCUT2D eigenvalue weighted by atomic mass is 32.2. The Hall–Kier alpha value is -2.23. The van der Waals surface area contributed by atoms with Gasteiger partial charge < -0.3 is 15.1 Å². The van der Waals surface area contributed by atoms with Gasteiger partial charge in [0.15, 0.2) is 17.5 Å². The number of thioether (sulfide) groups is 1. The SMILES string of the molecule is CN(CC(=O)Nc1ccc(F)c(F)c1F)C(=O)[C@H]1CS[C@@]2(C)CCC(=O)N12. The molecule has 6 nitrogen and oxygen atoms in total. The van der Waals surface area contributed by atoms with E-state index >= 15 is 0 Å². The Morgan fingerprint density at radius 3 is 2.74 bits per heavy atom.